The van der Waals surface area contributed by atoms with Crippen LogP contribution in [0.5, 0.6) is 0 Å². The monoisotopic (exact) mass is 196 g/mol. The lowest BCUT2D eigenvalue weighted by molar-refractivity contribution is -0.124. The van der Waals surface area contributed by atoms with Gasteiger partial charge in [0, 0.05) is 12.3 Å². The Kier molecular flexibility index (Phi) is 2.22. The summed E-state index contributed by atoms with van der Waals surface area (Å²) >= 11 is 0. The Hall–Kier alpha value is -0.370. The van der Waals surface area contributed by atoms with Gasteiger partial charge in [-0.1, -0.05) is 20.8 Å². The summed E-state index contributed by atoms with van der Waals surface area (Å²) in [6.07, 6.45) is 2.16. The van der Waals surface area contributed by atoms with Crippen molar-refractivity contribution in [2.75, 3.05) is 0 Å². The Morgan fingerprint density at radius 3 is 2.71 bits per heavy atom. The lowest BCUT2D eigenvalue weighted by Crippen LogP contribution is -2.31. The zero-order valence-electron chi connectivity index (χ0n) is 9.29. The number of rotatable bonds is 1. The fourth-order valence-corrected chi connectivity index (χ4v) is 3.79. The van der Waals surface area contributed by atoms with Crippen LogP contribution in [0.1, 0.15) is 40.0 Å². The average molecular weight is 196 g/mol. The summed E-state index contributed by atoms with van der Waals surface area (Å²) in [5.74, 6) is 1.28. The molecule has 2 rings (SSSR count). The van der Waals surface area contributed by atoms with Gasteiger partial charge in [-0.05, 0) is 30.1 Å². The van der Waals surface area contributed by atoms with Crippen LogP contribution in [0.4, 0.5) is 0 Å². The van der Waals surface area contributed by atoms with E-state index in [1.807, 2.05) is 0 Å². The van der Waals surface area contributed by atoms with Crippen LogP contribution in [0.2, 0.25) is 0 Å². The number of aliphatic hydroxyl groups is 1. The molecule has 0 aliphatic heterocycles. The van der Waals surface area contributed by atoms with Gasteiger partial charge >= 0.3 is 0 Å². The molecule has 0 aromatic heterocycles. The summed E-state index contributed by atoms with van der Waals surface area (Å²) in [5, 5.41) is 9.81. The largest absolute Gasteiger partial charge is 0.392 e. The molecule has 4 atom stereocenters. The van der Waals surface area contributed by atoms with Crippen molar-refractivity contribution in [3.05, 3.63) is 0 Å². The standard InChI is InChI=1S/C12H20O2/c1-7(2)8-6-10(14)11-9(13)4-5-12(8,11)3/h7-9,11,13H,4-6H2,1-3H3/t8-,9?,11+,12-/m1/s1. The number of ketones is 1. The van der Waals surface area contributed by atoms with Crippen molar-refractivity contribution in [1.29, 1.82) is 0 Å². The molecule has 0 amide bonds. The van der Waals surface area contributed by atoms with Gasteiger partial charge in [0.15, 0.2) is 0 Å². The first-order chi connectivity index (χ1) is 6.47. The van der Waals surface area contributed by atoms with Crippen LogP contribution >= 0.6 is 0 Å². The fraction of sp³-hybridized carbons (Fsp3) is 0.917. The molecule has 2 nitrogen and oxygen atoms in total. The van der Waals surface area contributed by atoms with Crippen LogP contribution in [-0.4, -0.2) is 17.0 Å². The van der Waals surface area contributed by atoms with E-state index in [0.717, 1.165) is 12.8 Å². The van der Waals surface area contributed by atoms with Crippen molar-refractivity contribution in [2.24, 2.45) is 23.2 Å². The van der Waals surface area contributed by atoms with Crippen LogP contribution < -0.4 is 0 Å². The molecule has 2 aliphatic carbocycles. The quantitative estimate of drug-likeness (QED) is 0.696. The predicted molar refractivity (Wildman–Crippen MR) is 54.8 cm³/mol. The summed E-state index contributed by atoms with van der Waals surface area (Å²) in [4.78, 5) is 11.8. The van der Waals surface area contributed by atoms with Crippen molar-refractivity contribution >= 4 is 5.78 Å². The van der Waals surface area contributed by atoms with E-state index in [4.69, 9.17) is 0 Å². The Bertz CT molecular complexity index is 259. The van der Waals surface area contributed by atoms with Crippen LogP contribution in [0.15, 0.2) is 0 Å². The number of fused-ring (bicyclic) bond motifs is 1. The van der Waals surface area contributed by atoms with Crippen molar-refractivity contribution in [1.82, 2.24) is 0 Å². The molecule has 0 spiro atoms. The van der Waals surface area contributed by atoms with E-state index in [1.54, 1.807) is 0 Å². The number of aliphatic hydroxyl groups excluding tert-OH is 1. The second kappa shape index (κ2) is 3.06. The lowest BCUT2D eigenvalue weighted by Gasteiger charge is -2.33. The van der Waals surface area contributed by atoms with E-state index < -0.39 is 0 Å². The minimum atomic E-state index is -0.365. The normalized spacial score (nSPS) is 47.5. The number of carbonyl (C=O) groups excluding carboxylic acids is 1. The first kappa shape index (κ1) is 10.2. The highest BCUT2D eigenvalue weighted by atomic mass is 16.3. The van der Waals surface area contributed by atoms with Gasteiger partial charge in [-0.15, -0.1) is 0 Å². The Morgan fingerprint density at radius 1 is 1.50 bits per heavy atom. The molecule has 0 aromatic rings. The van der Waals surface area contributed by atoms with Crippen LogP contribution in [0, 0.1) is 23.2 Å². The first-order valence-corrected chi connectivity index (χ1v) is 5.67. The van der Waals surface area contributed by atoms with Gasteiger partial charge in [0.2, 0.25) is 0 Å². The Labute approximate surface area is 85.7 Å². The molecule has 0 heterocycles. The molecule has 2 fully saturated rings. The maximum absolute atomic E-state index is 11.8. The Balaban J connectivity index is 2.32. The summed E-state index contributed by atoms with van der Waals surface area (Å²) in [7, 11) is 0. The molecule has 0 aromatic carbocycles. The Morgan fingerprint density at radius 2 is 2.14 bits per heavy atom. The average Bonchev–Trinajstić information content (AvgIpc) is 2.51. The van der Waals surface area contributed by atoms with Gasteiger partial charge in [0.1, 0.15) is 5.78 Å². The van der Waals surface area contributed by atoms with Crippen molar-refractivity contribution in [3.8, 4) is 0 Å². The van der Waals surface area contributed by atoms with Crippen LogP contribution in [-0.2, 0) is 4.79 Å². The number of carbonyl (C=O) groups is 1. The third-order valence-corrected chi connectivity index (χ3v) is 4.49. The first-order valence-electron chi connectivity index (χ1n) is 5.67. The van der Waals surface area contributed by atoms with Gasteiger partial charge in [0.05, 0.1) is 6.10 Å². The predicted octanol–water partition coefficient (Wildman–Crippen LogP) is 2.01. The van der Waals surface area contributed by atoms with Gasteiger partial charge in [-0.3, -0.25) is 4.79 Å². The van der Waals surface area contributed by atoms with E-state index >= 15 is 0 Å². The van der Waals surface area contributed by atoms with Crippen molar-refractivity contribution < 1.29 is 9.90 Å². The summed E-state index contributed by atoms with van der Waals surface area (Å²) < 4.78 is 0. The summed E-state index contributed by atoms with van der Waals surface area (Å²) in [6.45, 7) is 6.58. The molecular weight excluding hydrogens is 176 g/mol. The molecular formula is C12H20O2. The van der Waals surface area contributed by atoms with Crippen molar-refractivity contribution in [2.45, 2.75) is 46.1 Å². The molecule has 80 valence electrons. The maximum Gasteiger partial charge on any atom is 0.139 e. The van der Waals surface area contributed by atoms with E-state index in [0.29, 0.717) is 24.0 Å². The smallest absolute Gasteiger partial charge is 0.139 e. The molecule has 1 N–H and O–H groups in total. The highest BCUT2D eigenvalue weighted by Gasteiger charge is 2.58. The van der Waals surface area contributed by atoms with E-state index in [2.05, 4.69) is 20.8 Å². The summed E-state index contributed by atoms with van der Waals surface area (Å²) in [5.41, 5.74) is 0.0880. The zero-order chi connectivity index (χ0) is 10.5. The fourth-order valence-electron chi connectivity index (χ4n) is 3.79. The minimum absolute atomic E-state index is 0.0603. The number of Topliss-reactive ketones (excluding diaryl/α,β-unsaturated/α-hetero) is 1. The van der Waals surface area contributed by atoms with E-state index in [1.165, 1.54) is 0 Å². The minimum Gasteiger partial charge on any atom is -0.392 e. The molecule has 0 bridgehead atoms. The molecule has 2 aliphatic rings. The molecule has 0 saturated heterocycles. The molecule has 2 heteroatoms. The molecule has 1 unspecified atom stereocenters. The third kappa shape index (κ3) is 1.16. The molecule has 14 heavy (non-hydrogen) atoms. The maximum atomic E-state index is 11.8. The topological polar surface area (TPSA) is 37.3 Å². The van der Waals surface area contributed by atoms with Crippen LogP contribution in [0.3, 0.4) is 0 Å². The zero-order valence-corrected chi connectivity index (χ0v) is 9.29. The van der Waals surface area contributed by atoms with Gasteiger partial charge in [-0.2, -0.15) is 0 Å². The lowest BCUT2D eigenvalue weighted by atomic mass is 9.71. The van der Waals surface area contributed by atoms with Gasteiger partial charge in [0.25, 0.3) is 0 Å². The molecule has 2 saturated carbocycles. The van der Waals surface area contributed by atoms with Gasteiger partial charge < -0.3 is 5.11 Å². The molecule has 0 radical (unpaired) electrons. The van der Waals surface area contributed by atoms with Crippen LogP contribution in [0.25, 0.3) is 0 Å². The highest BCUT2D eigenvalue weighted by molar-refractivity contribution is 5.85. The second-order valence-corrected chi connectivity index (χ2v) is 5.61. The van der Waals surface area contributed by atoms with E-state index in [-0.39, 0.29) is 17.4 Å². The van der Waals surface area contributed by atoms with Gasteiger partial charge in [-0.25, -0.2) is 0 Å². The van der Waals surface area contributed by atoms with Crippen molar-refractivity contribution in [3.63, 3.8) is 0 Å². The third-order valence-electron chi connectivity index (χ3n) is 4.49. The summed E-state index contributed by atoms with van der Waals surface area (Å²) in [6, 6.07) is 0. The van der Waals surface area contributed by atoms with E-state index in [9.17, 15) is 9.90 Å². The number of hydrogen-bond donors (Lipinski definition) is 1. The second-order valence-electron chi connectivity index (χ2n) is 5.61. The SMILES string of the molecule is CC(C)[C@H]1CC(=O)[C@@H]2C(O)CC[C@]12C. The highest BCUT2D eigenvalue weighted by Crippen LogP contribution is 2.57. The number of hydrogen-bond acceptors (Lipinski definition) is 2.